The van der Waals surface area contributed by atoms with Gasteiger partial charge < -0.3 is 14.6 Å². The fraction of sp³-hybridized carbons (Fsp3) is 0.286. The summed E-state index contributed by atoms with van der Waals surface area (Å²) in [5.74, 6) is -2.26. The van der Waals surface area contributed by atoms with E-state index in [1.807, 2.05) is 0 Å². The molecule has 0 bridgehead atoms. The van der Waals surface area contributed by atoms with Crippen molar-refractivity contribution in [3.8, 4) is 11.5 Å². The second-order valence-electron chi connectivity index (χ2n) is 4.59. The minimum Gasteiger partial charge on any atom is -0.496 e. The SMILES string of the molecule is COc1cc2c(cc1C(C)=O)C=C(C(=O)O)C(C(F)(F)F)O2. The molecule has 1 aliphatic rings. The van der Waals surface area contributed by atoms with Gasteiger partial charge in [0.1, 0.15) is 11.5 Å². The number of aliphatic carboxylic acids is 1. The Labute approximate surface area is 122 Å². The maximum absolute atomic E-state index is 12.9. The summed E-state index contributed by atoms with van der Waals surface area (Å²) in [6, 6.07) is 2.38. The summed E-state index contributed by atoms with van der Waals surface area (Å²) < 4.78 is 48.5. The molecule has 0 spiro atoms. The number of rotatable bonds is 3. The zero-order chi connectivity index (χ0) is 16.7. The minimum atomic E-state index is -4.88. The van der Waals surface area contributed by atoms with Crippen LogP contribution in [0.5, 0.6) is 11.5 Å². The summed E-state index contributed by atoms with van der Waals surface area (Å²) in [4.78, 5) is 22.5. The topological polar surface area (TPSA) is 72.8 Å². The average molecular weight is 316 g/mol. The number of fused-ring (bicyclic) bond motifs is 1. The first kappa shape index (κ1) is 15.9. The van der Waals surface area contributed by atoms with Crippen molar-refractivity contribution in [2.24, 2.45) is 0 Å². The van der Waals surface area contributed by atoms with Crippen molar-refractivity contribution in [3.63, 3.8) is 0 Å². The normalized spacial score (nSPS) is 17.1. The highest BCUT2D eigenvalue weighted by Gasteiger charge is 2.48. The Morgan fingerprint density at radius 1 is 1.32 bits per heavy atom. The first-order chi connectivity index (χ1) is 10.1. The van der Waals surface area contributed by atoms with Crippen LogP contribution < -0.4 is 9.47 Å². The van der Waals surface area contributed by atoms with E-state index in [1.165, 1.54) is 20.1 Å². The summed E-state index contributed by atoms with van der Waals surface area (Å²) in [6.45, 7) is 1.26. The second-order valence-corrected chi connectivity index (χ2v) is 4.59. The largest absolute Gasteiger partial charge is 0.496 e. The lowest BCUT2D eigenvalue weighted by Gasteiger charge is -2.27. The van der Waals surface area contributed by atoms with Gasteiger partial charge in [0.05, 0.1) is 18.2 Å². The number of ether oxygens (including phenoxy) is 2. The molecule has 0 saturated heterocycles. The molecular weight excluding hydrogens is 305 g/mol. The van der Waals surface area contributed by atoms with Gasteiger partial charge in [0.15, 0.2) is 5.78 Å². The predicted molar refractivity (Wildman–Crippen MR) is 69.1 cm³/mol. The Morgan fingerprint density at radius 3 is 2.41 bits per heavy atom. The maximum atomic E-state index is 12.9. The quantitative estimate of drug-likeness (QED) is 0.868. The van der Waals surface area contributed by atoms with Crippen molar-refractivity contribution in [2.45, 2.75) is 19.2 Å². The van der Waals surface area contributed by atoms with Gasteiger partial charge in [-0.3, -0.25) is 4.79 Å². The van der Waals surface area contributed by atoms with Gasteiger partial charge in [-0.2, -0.15) is 13.2 Å². The summed E-state index contributed by atoms with van der Waals surface area (Å²) in [6.07, 6.45) is -6.61. The Morgan fingerprint density at radius 2 is 1.95 bits per heavy atom. The standard InChI is InChI=1S/C14H11F3O5/c1-6(18)8-3-7-4-9(13(19)20)12(14(15,16)17)22-10(7)5-11(8)21-2/h3-5,12H,1-2H3,(H,19,20). The fourth-order valence-electron chi connectivity index (χ4n) is 2.09. The molecule has 2 rings (SSSR count). The van der Waals surface area contributed by atoms with E-state index in [0.717, 1.165) is 12.1 Å². The Kier molecular flexibility index (Phi) is 3.87. The van der Waals surface area contributed by atoms with Crippen molar-refractivity contribution in [3.05, 3.63) is 28.8 Å². The van der Waals surface area contributed by atoms with Crippen molar-refractivity contribution < 1.29 is 37.3 Å². The molecule has 0 fully saturated rings. The molecule has 5 nitrogen and oxygen atoms in total. The van der Waals surface area contributed by atoms with Crippen LogP contribution in [0.15, 0.2) is 17.7 Å². The van der Waals surface area contributed by atoms with Crippen molar-refractivity contribution >= 4 is 17.8 Å². The first-order valence-electron chi connectivity index (χ1n) is 6.06. The van der Waals surface area contributed by atoms with E-state index in [-0.39, 0.29) is 28.4 Å². The molecule has 22 heavy (non-hydrogen) atoms. The first-order valence-corrected chi connectivity index (χ1v) is 6.06. The summed E-state index contributed by atoms with van der Waals surface area (Å²) >= 11 is 0. The molecule has 1 heterocycles. The van der Waals surface area contributed by atoms with Crippen LogP contribution in [0.1, 0.15) is 22.8 Å². The smallest absolute Gasteiger partial charge is 0.430 e. The molecule has 0 aliphatic carbocycles. The lowest BCUT2D eigenvalue weighted by Crippen LogP contribution is -2.40. The Hall–Kier alpha value is -2.51. The van der Waals surface area contributed by atoms with Crippen LogP contribution >= 0.6 is 0 Å². The zero-order valence-electron chi connectivity index (χ0n) is 11.5. The van der Waals surface area contributed by atoms with Gasteiger partial charge in [0.2, 0.25) is 6.10 Å². The highest BCUT2D eigenvalue weighted by Crippen LogP contribution is 2.40. The van der Waals surface area contributed by atoms with E-state index in [4.69, 9.17) is 14.6 Å². The lowest BCUT2D eigenvalue weighted by molar-refractivity contribution is -0.187. The second kappa shape index (κ2) is 5.36. The molecule has 1 atom stereocenters. The van der Waals surface area contributed by atoms with Crippen molar-refractivity contribution in [1.29, 1.82) is 0 Å². The van der Waals surface area contributed by atoms with E-state index >= 15 is 0 Å². The third kappa shape index (κ3) is 2.76. The number of Topliss-reactive ketones (excluding diaryl/α,β-unsaturated/α-hetero) is 1. The maximum Gasteiger partial charge on any atom is 0.430 e. The zero-order valence-corrected chi connectivity index (χ0v) is 11.5. The van der Waals surface area contributed by atoms with Crippen LogP contribution in [-0.4, -0.2) is 36.2 Å². The molecule has 0 saturated carbocycles. The van der Waals surface area contributed by atoms with Crippen LogP contribution in [0.2, 0.25) is 0 Å². The number of alkyl halides is 3. The third-order valence-electron chi connectivity index (χ3n) is 3.09. The molecular formula is C14H11F3O5. The number of hydrogen-bond acceptors (Lipinski definition) is 4. The van der Waals surface area contributed by atoms with Crippen LogP contribution in [0.25, 0.3) is 6.08 Å². The molecule has 1 aliphatic heterocycles. The predicted octanol–water partition coefficient (Wildman–Crippen LogP) is 2.69. The van der Waals surface area contributed by atoms with Crippen molar-refractivity contribution in [1.82, 2.24) is 0 Å². The number of halogens is 3. The van der Waals surface area contributed by atoms with Gasteiger partial charge >= 0.3 is 12.1 Å². The highest BCUT2D eigenvalue weighted by molar-refractivity contribution is 5.99. The van der Waals surface area contributed by atoms with Gasteiger partial charge in [-0.25, -0.2) is 4.79 Å². The van der Waals surface area contributed by atoms with Crippen LogP contribution in [-0.2, 0) is 4.79 Å². The number of benzene rings is 1. The average Bonchev–Trinajstić information content (AvgIpc) is 2.43. The monoisotopic (exact) mass is 316 g/mol. The number of carbonyl (C=O) groups is 2. The summed E-state index contributed by atoms with van der Waals surface area (Å²) in [5, 5.41) is 8.94. The van der Waals surface area contributed by atoms with Crippen LogP contribution in [0.3, 0.4) is 0 Å². The van der Waals surface area contributed by atoms with Crippen LogP contribution in [0, 0.1) is 0 Å². The molecule has 1 aromatic carbocycles. The number of carbonyl (C=O) groups excluding carboxylic acids is 1. The fourth-order valence-corrected chi connectivity index (χ4v) is 2.09. The third-order valence-corrected chi connectivity index (χ3v) is 3.09. The molecule has 1 aromatic rings. The highest BCUT2D eigenvalue weighted by atomic mass is 19.4. The van der Waals surface area contributed by atoms with E-state index in [2.05, 4.69) is 0 Å². The number of ketones is 1. The lowest BCUT2D eigenvalue weighted by atomic mass is 9.98. The molecule has 0 amide bonds. The van der Waals surface area contributed by atoms with Gasteiger partial charge in [0.25, 0.3) is 0 Å². The minimum absolute atomic E-state index is 0.0550. The van der Waals surface area contributed by atoms with E-state index in [1.54, 1.807) is 0 Å². The molecule has 1 N–H and O–H groups in total. The molecule has 0 aromatic heterocycles. The van der Waals surface area contributed by atoms with Gasteiger partial charge in [0, 0.05) is 11.6 Å². The van der Waals surface area contributed by atoms with Gasteiger partial charge in [-0.1, -0.05) is 0 Å². The molecule has 0 radical (unpaired) electrons. The number of carboxylic acid groups (broad SMARTS) is 1. The van der Waals surface area contributed by atoms with E-state index in [0.29, 0.717) is 0 Å². The summed E-state index contributed by atoms with van der Waals surface area (Å²) in [5.41, 5.74) is -0.750. The Balaban J connectivity index is 2.63. The Bertz CT molecular complexity index is 676. The summed E-state index contributed by atoms with van der Waals surface area (Å²) in [7, 11) is 1.26. The number of hydrogen-bond donors (Lipinski definition) is 1. The van der Waals surface area contributed by atoms with Gasteiger partial charge in [-0.05, 0) is 19.1 Å². The van der Waals surface area contributed by atoms with Crippen LogP contribution in [0.4, 0.5) is 13.2 Å². The molecule has 118 valence electrons. The molecule has 8 heteroatoms. The van der Waals surface area contributed by atoms with Crippen molar-refractivity contribution in [2.75, 3.05) is 7.11 Å². The van der Waals surface area contributed by atoms with E-state index < -0.39 is 23.8 Å². The van der Waals surface area contributed by atoms with E-state index in [9.17, 15) is 22.8 Å². The number of methoxy groups -OCH3 is 1. The number of carboxylic acids is 1. The molecule has 1 unspecified atom stereocenters. The van der Waals surface area contributed by atoms with Gasteiger partial charge in [-0.15, -0.1) is 0 Å².